The highest BCUT2D eigenvalue weighted by atomic mass is 16.5. The van der Waals surface area contributed by atoms with E-state index in [1.165, 1.54) is 18.1 Å². The number of anilines is 1. The number of benzene rings is 2. The lowest BCUT2D eigenvalue weighted by Gasteiger charge is -2.13. The lowest BCUT2D eigenvalue weighted by molar-refractivity contribution is -0.136. The summed E-state index contributed by atoms with van der Waals surface area (Å²) in [6, 6.07) is 10.9. The average Bonchev–Trinajstić information content (AvgIpc) is 2.94. The highest BCUT2D eigenvalue weighted by molar-refractivity contribution is 6.36. The molecule has 0 fully saturated rings. The Hall–Kier alpha value is -3.54. The fraction of sp³-hybridized carbons (Fsp3) is 0.217. The Balaban J connectivity index is 2.12. The molecule has 1 aliphatic rings. The molecular formula is C23H24N2O4. The van der Waals surface area contributed by atoms with Gasteiger partial charge < -0.3 is 14.8 Å². The standard InChI is InChI=1S/C23H24N2O4/c1-6-11-25-22(26)20(16-8-10-18(28-4)19(13-16)29-5)21(23(25)27)24-17-9-7-14(2)15(3)12-17/h6-10,12-13,24H,1,11H2,2-5H3. The summed E-state index contributed by atoms with van der Waals surface area (Å²) in [5.41, 5.74) is 4.06. The summed E-state index contributed by atoms with van der Waals surface area (Å²) in [6.45, 7) is 7.79. The summed E-state index contributed by atoms with van der Waals surface area (Å²) < 4.78 is 10.6. The Bertz CT molecular complexity index is 1020. The Morgan fingerprint density at radius 3 is 2.31 bits per heavy atom. The monoisotopic (exact) mass is 392 g/mol. The van der Waals surface area contributed by atoms with Gasteiger partial charge in [0, 0.05) is 12.2 Å². The highest BCUT2D eigenvalue weighted by Crippen LogP contribution is 2.35. The van der Waals surface area contributed by atoms with E-state index in [-0.39, 0.29) is 23.7 Å². The number of nitrogens with one attached hydrogen (secondary N) is 1. The van der Waals surface area contributed by atoms with E-state index in [0.717, 1.165) is 16.8 Å². The molecular weight excluding hydrogens is 368 g/mol. The number of imide groups is 1. The molecule has 150 valence electrons. The van der Waals surface area contributed by atoms with Crippen molar-refractivity contribution in [2.75, 3.05) is 26.1 Å². The van der Waals surface area contributed by atoms with Crippen LogP contribution < -0.4 is 14.8 Å². The number of hydrogen-bond donors (Lipinski definition) is 1. The largest absolute Gasteiger partial charge is 0.493 e. The first-order chi connectivity index (χ1) is 13.9. The van der Waals surface area contributed by atoms with Gasteiger partial charge in [-0.1, -0.05) is 18.2 Å². The van der Waals surface area contributed by atoms with Gasteiger partial charge >= 0.3 is 0 Å². The third kappa shape index (κ3) is 3.74. The third-order valence-electron chi connectivity index (χ3n) is 4.93. The van der Waals surface area contributed by atoms with E-state index < -0.39 is 5.91 Å². The second-order valence-electron chi connectivity index (χ2n) is 6.75. The fourth-order valence-corrected chi connectivity index (χ4v) is 3.21. The summed E-state index contributed by atoms with van der Waals surface area (Å²) >= 11 is 0. The normalized spacial score (nSPS) is 13.7. The number of nitrogens with zero attached hydrogens (tertiary/aromatic N) is 1. The predicted molar refractivity (Wildman–Crippen MR) is 113 cm³/mol. The fourth-order valence-electron chi connectivity index (χ4n) is 3.21. The van der Waals surface area contributed by atoms with Crippen molar-refractivity contribution in [2.45, 2.75) is 13.8 Å². The van der Waals surface area contributed by atoms with Crippen LogP contribution in [0.2, 0.25) is 0 Å². The van der Waals surface area contributed by atoms with Crippen LogP contribution in [-0.4, -0.2) is 37.5 Å². The average molecular weight is 392 g/mol. The maximum atomic E-state index is 13.1. The Kier molecular flexibility index (Phi) is 5.73. The molecule has 0 atom stereocenters. The number of hydrogen-bond acceptors (Lipinski definition) is 5. The molecule has 0 spiro atoms. The zero-order chi connectivity index (χ0) is 21.1. The predicted octanol–water partition coefficient (Wildman–Crippen LogP) is 3.70. The molecule has 0 radical (unpaired) electrons. The van der Waals surface area contributed by atoms with E-state index in [1.807, 2.05) is 32.0 Å². The van der Waals surface area contributed by atoms with Crippen molar-refractivity contribution < 1.29 is 19.1 Å². The molecule has 2 aromatic rings. The summed E-state index contributed by atoms with van der Waals surface area (Å²) in [5.74, 6) is 0.247. The van der Waals surface area contributed by atoms with E-state index in [1.54, 1.807) is 25.3 Å². The van der Waals surface area contributed by atoms with Crippen molar-refractivity contribution in [3.05, 3.63) is 71.4 Å². The second-order valence-corrected chi connectivity index (χ2v) is 6.75. The number of rotatable bonds is 7. The Labute approximate surface area is 170 Å². The molecule has 1 aliphatic heterocycles. The van der Waals surface area contributed by atoms with Gasteiger partial charge in [-0.15, -0.1) is 6.58 Å². The van der Waals surface area contributed by atoms with E-state index in [2.05, 4.69) is 11.9 Å². The summed E-state index contributed by atoms with van der Waals surface area (Å²) in [7, 11) is 3.06. The zero-order valence-corrected chi connectivity index (χ0v) is 17.0. The Morgan fingerprint density at radius 1 is 0.966 bits per heavy atom. The smallest absolute Gasteiger partial charge is 0.278 e. The highest BCUT2D eigenvalue weighted by Gasteiger charge is 2.38. The molecule has 1 N–H and O–H groups in total. The topological polar surface area (TPSA) is 67.9 Å². The van der Waals surface area contributed by atoms with E-state index >= 15 is 0 Å². The lowest BCUT2D eigenvalue weighted by Crippen LogP contribution is -2.32. The quantitative estimate of drug-likeness (QED) is 0.575. The van der Waals surface area contributed by atoms with Crippen LogP contribution in [0.25, 0.3) is 5.57 Å². The number of aryl methyl sites for hydroxylation is 2. The first-order valence-electron chi connectivity index (χ1n) is 9.19. The molecule has 29 heavy (non-hydrogen) atoms. The molecule has 0 aromatic heterocycles. The molecule has 2 aromatic carbocycles. The minimum Gasteiger partial charge on any atom is -0.493 e. The van der Waals surface area contributed by atoms with E-state index in [4.69, 9.17) is 9.47 Å². The first-order valence-corrected chi connectivity index (χ1v) is 9.19. The van der Waals surface area contributed by atoms with Gasteiger partial charge in [-0.2, -0.15) is 0 Å². The molecule has 0 bridgehead atoms. The van der Waals surface area contributed by atoms with Gasteiger partial charge in [0.1, 0.15) is 5.70 Å². The molecule has 0 aliphatic carbocycles. The number of methoxy groups -OCH3 is 2. The maximum absolute atomic E-state index is 13.1. The van der Waals surface area contributed by atoms with Crippen LogP contribution in [0.4, 0.5) is 5.69 Å². The van der Waals surface area contributed by atoms with Crippen LogP contribution in [0.1, 0.15) is 16.7 Å². The molecule has 2 amide bonds. The SMILES string of the molecule is C=CCN1C(=O)C(Nc2ccc(C)c(C)c2)=C(c2ccc(OC)c(OC)c2)C1=O. The molecule has 0 saturated heterocycles. The molecule has 0 saturated carbocycles. The van der Waals surface area contributed by atoms with Crippen molar-refractivity contribution in [3.8, 4) is 11.5 Å². The van der Waals surface area contributed by atoms with Crippen LogP contribution in [0, 0.1) is 13.8 Å². The third-order valence-corrected chi connectivity index (χ3v) is 4.93. The molecule has 0 unspecified atom stereocenters. The van der Waals surface area contributed by atoms with Crippen molar-refractivity contribution >= 4 is 23.1 Å². The van der Waals surface area contributed by atoms with Crippen LogP contribution >= 0.6 is 0 Å². The number of amides is 2. The van der Waals surface area contributed by atoms with Gasteiger partial charge in [-0.05, 0) is 54.8 Å². The minimum absolute atomic E-state index is 0.132. The number of carbonyl (C=O) groups excluding carboxylic acids is 2. The van der Waals surface area contributed by atoms with Gasteiger partial charge in [0.2, 0.25) is 0 Å². The van der Waals surface area contributed by atoms with Crippen LogP contribution in [0.3, 0.4) is 0 Å². The zero-order valence-electron chi connectivity index (χ0n) is 17.0. The van der Waals surface area contributed by atoms with Crippen molar-refractivity contribution in [1.29, 1.82) is 0 Å². The minimum atomic E-state index is -0.391. The van der Waals surface area contributed by atoms with Gasteiger partial charge in [-0.3, -0.25) is 14.5 Å². The Morgan fingerprint density at radius 2 is 1.69 bits per heavy atom. The van der Waals surface area contributed by atoms with Crippen molar-refractivity contribution in [1.82, 2.24) is 4.90 Å². The maximum Gasteiger partial charge on any atom is 0.278 e. The lowest BCUT2D eigenvalue weighted by atomic mass is 10.0. The molecule has 6 heteroatoms. The van der Waals surface area contributed by atoms with Crippen LogP contribution in [0.15, 0.2) is 54.8 Å². The van der Waals surface area contributed by atoms with Crippen LogP contribution in [0.5, 0.6) is 11.5 Å². The summed E-state index contributed by atoms with van der Waals surface area (Å²) in [5, 5.41) is 3.15. The molecule has 1 heterocycles. The summed E-state index contributed by atoms with van der Waals surface area (Å²) in [4.78, 5) is 27.2. The van der Waals surface area contributed by atoms with Crippen molar-refractivity contribution in [3.63, 3.8) is 0 Å². The first kappa shape index (κ1) is 20.2. The number of carbonyl (C=O) groups is 2. The van der Waals surface area contributed by atoms with Gasteiger partial charge in [0.25, 0.3) is 11.8 Å². The molecule has 6 nitrogen and oxygen atoms in total. The summed E-state index contributed by atoms with van der Waals surface area (Å²) in [6.07, 6.45) is 1.53. The van der Waals surface area contributed by atoms with Gasteiger partial charge in [0.15, 0.2) is 11.5 Å². The van der Waals surface area contributed by atoms with E-state index in [9.17, 15) is 9.59 Å². The van der Waals surface area contributed by atoms with Gasteiger partial charge in [-0.25, -0.2) is 0 Å². The van der Waals surface area contributed by atoms with Gasteiger partial charge in [0.05, 0.1) is 19.8 Å². The van der Waals surface area contributed by atoms with Crippen LogP contribution in [-0.2, 0) is 9.59 Å². The second kappa shape index (κ2) is 8.22. The van der Waals surface area contributed by atoms with Crippen molar-refractivity contribution in [2.24, 2.45) is 0 Å². The number of ether oxygens (including phenoxy) is 2. The molecule has 3 rings (SSSR count). The van der Waals surface area contributed by atoms with E-state index in [0.29, 0.717) is 17.1 Å².